The van der Waals surface area contributed by atoms with Gasteiger partial charge in [0.2, 0.25) is 5.69 Å². The van der Waals surface area contributed by atoms with Crippen molar-refractivity contribution in [3.8, 4) is 17.9 Å². The lowest BCUT2D eigenvalue weighted by Crippen LogP contribution is -1.99. The van der Waals surface area contributed by atoms with Crippen LogP contribution in [0.15, 0.2) is 52.7 Å². The van der Waals surface area contributed by atoms with Gasteiger partial charge in [0.05, 0.1) is 40.8 Å². The highest BCUT2D eigenvalue weighted by Crippen LogP contribution is 2.39. The first-order chi connectivity index (χ1) is 14.6. The van der Waals surface area contributed by atoms with E-state index in [1.807, 2.05) is 12.1 Å². The summed E-state index contributed by atoms with van der Waals surface area (Å²) in [5.74, 6) is 0.0322. The third kappa shape index (κ3) is 4.14. The fourth-order valence-electron chi connectivity index (χ4n) is 2.68. The van der Waals surface area contributed by atoms with Gasteiger partial charge in [0.15, 0.2) is 0 Å². The van der Waals surface area contributed by atoms with Crippen molar-refractivity contribution >= 4 is 45.6 Å². The van der Waals surface area contributed by atoms with Gasteiger partial charge in [0.1, 0.15) is 11.8 Å². The molecule has 0 radical (unpaired) electrons. The molecule has 0 unspecified atom stereocenters. The standard InChI is InChI=1S/C20H12N6O3S/c1-23-17-9-18(13(11-22)8-12(17)10-21)25-24-15-6-7-19(27)14-4-3-5-16(20(14)15)26-28-29-30-2/h3-9,26-27H,2H3. The summed E-state index contributed by atoms with van der Waals surface area (Å²) < 4.78 is 4.76. The molecular formula is C20H12N6O3S. The van der Waals surface area contributed by atoms with Crippen LogP contribution >= 0.6 is 12.0 Å². The zero-order valence-electron chi connectivity index (χ0n) is 15.4. The Hall–Kier alpha value is -4.14. The van der Waals surface area contributed by atoms with E-state index in [0.717, 1.165) is 12.0 Å². The minimum Gasteiger partial charge on any atom is -0.507 e. The Bertz CT molecular complexity index is 1270. The van der Waals surface area contributed by atoms with Crippen LogP contribution in [-0.4, -0.2) is 11.4 Å². The molecular weight excluding hydrogens is 404 g/mol. The molecule has 0 bridgehead atoms. The van der Waals surface area contributed by atoms with Crippen LogP contribution < -0.4 is 5.48 Å². The highest BCUT2D eigenvalue weighted by atomic mass is 32.2. The van der Waals surface area contributed by atoms with Gasteiger partial charge in [-0.1, -0.05) is 12.1 Å². The van der Waals surface area contributed by atoms with E-state index < -0.39 is 0 Å². The molecule has 3 aromatic rings. The second kappa shape index (κ2) is 9.37. The van der Waals surface area contributed by atoms with Gasteiger partial charge in [-0.3, -0.25) is 0 Å². The van der Waals surface area contributed by atoms with Crippen molar-refractivity contribution in [3.05, 3.63) is 65.0 Å². The smallest absolute Gasteiger partial charge is 0.206 e. The first kappa shape index (κ1) is 20.6. The topological polar surface area (TPSA) is 127 Å². The first-order valence-electron chi connectivity index (χ1n) is 8.27. The van der Waals surface area contributed by atoms with E-state index in [2.05, 4.69) is 20.6 Å². The van der Waals surface area contributed by atoms with Crippen molar-refractivity contribution < 1.29 is 14.4 Å². The maximum atomic E-state index is 10.2. The highest BCUT2D eigenvalue weighted by molar-refractivity contribution is 7.93. The van der Waals surface area contributed by atoms with Gasteiger partial charge in [0, 0.05) is 29.1 Å². The molecule has 9 nitrogen and oxygen atoms in total. The van der Waals surface area contributed by atoms with Crippen molar-refractivity contribution in [2.24, 2.45) is 10.2 Å². The second-order valence-electron chi connectivity index (χ2n) is 5.67. The van der Waals surface area contributed by atoms with Crippen LogP contribution in [0, 0.1) is 29.2 Å². The fourth-order valence-corrected chi connectivity index (χ4v) is 2.78. The predicted octanol–water partition coefficient (Wildman–Crippen LogP) is 5.81. The number of phenols is 1. The lowest BCUT2D eigenvalue weighted by atomic mass is 10.1. The molecule has 0 amide bonds. The number of phenolic OH excluding ortho intramolecular Hbond substituents is 1. The van der Waals surface area contributed by atoms with E-state index in [1.165, 1.54) is 18.2 Å². The van der Waals surface area contributed by atoms with E-state index in [0.29, 0.717) is 22.1 Å². The van der Waals surface area contributed by atoms with E-state index in [9.17, 15) is 10.4 Å². The van der Waals surface area contributed by atoms with Crippen molar-refractivity contribution in [3.63, 3.8) is 0 Å². The molecule has 0 spiro atoms. The summed E-state index contributed by atoms with van der Waals surface area (Å²) in [6.07, 6.45) is 1.68. The number of benzene rings is 3. The normalized spacial score (nSPS) is 10.5. The van der Waals surface area contributed by atoms with Crippen molar-refractivity contribution in [2.75, 3.05) is 11.7 Å². The monoisotopic (exact) mass is 416 g/mol. The van der Waals surface area contributed by atoms with E-state index in [1.54, 1.807) is 30.5 Å². The predicted molar refractivity (Wildman–Crippen MR) is 111 cm³/mol. The third-order valence-electron chi connectivity index (χ3n) is 3.99. The lowest BCUT2D eigenvalue weighted by molar-refractivity contribution is -0.160. The van der Waals surface area contributed by atoms with Gasteiger partial charge in [-0.15, -0.1) is 14.4 Å². The third-order valence-corrected chi connectivity index (χ3v) is 4.19. The average molecular weight is 416 g/mol. The Kier molecular flexibility index (Phi) is 6.43. The second-order valence-corrected chi connectivity index (χ2v) is 6.14. The van der Waals surface area contributed by atoms with Gasteiger partial charge < -0.3 is 5.11 Å². The summed E-state index contributed by atoms with van der Waals surface area (Å²) in [6, 6.07) is 14.6. The molecule has 0 saturated carbocycles. The number of hydrogen-bond donors (Lipinski definition) is 2. The quantitative estimate of drug-likeness (QED) is 0.130. The first-order valence-corrected chi connectivity index (χ1v) is 9.42. The summed E-state index contributed by atoms with van der Waals surface area (Å²) in [5, 5.41) is 38.0. The van der Waals surface area contributed by atoms with Crippen LogP contribution in [0.4, 0.5) is 22.7 Å². The van der Waals surface area contributed by atoms with Gasteiger partial charge >= 0.3 is 0 Å². The summed E-state index contributed by atoms with van der Waals surface area (Å²) in [4.78, 5) is 8.17. The zero-order valence-corrected chi connectivity index (χ0v) is 16.3. The number of anilines is 1. The molecule has 3 aromatic carbocycles. The zero-order chi connectivity index (χ0) is 21.5. The molecule has 0 aliphatic rings. The minimum absolute atomic E-state index is 0.0322. The van der Waals surface area contributed by atoms with Gasteiger partial charge in [-0.2, -0.15) is 15.6 Å². The van der Waals surface area contributed by atoms with Crippen molar-refractivity contribution in [1.82, 2.24) is 0 Å². The molecule has 2 N–H and O–H groups in total. The number of nitrogens with one attached hydrogen (secondary N) is 1. The number of fused-ring (bicyclic) bond motifs is 1. The molecule has 0 aliphatic heterocycles. The lowest BCUT2D eigenvalue weighted by Gasteiger charge is -2.10. The largest absolute Gasteiger partial charge is 0.507 e. The molecule has 0 saturated heterocycles. The van der Waals surface area contributed by atoms with Crippen LogP contribution in [-0.2, 0) is 9.32 Å². The molecule has 30 heavy (non-hydrogen) atoms. The number of aromatic hydroxyl groups is 1. The van der Waals surface area contributed by atoms with E-state index in [4.69, 9.17) is 21.2 Å². The van der Waals surface area contributed by atoms with Crippen molar-refractivity contribution in [2.45, 2.75) is 0 Å². The molecule has 0 aliphatic carbocycles. The molecule has 0 fully saturated rings. The fraction of sp³-hybridized carbons (Fsp3) is 0.0500. The molecule has 3 rings (SSSR count). The summed E-state index contributed by atoms with van der Waals surface area (Å²) in [5.41, 5.74) is 3.89. The average Bonchev–Trinajstić information content (AvgIpc) is 2.78. The SMILES string of the molecule is [C-]#[N+]c1cc(N=Nc2ccc(O)c3cccc(NOOSC)c23)c(C#N)cc1C#N. The Morgan fingerprint density at radius 3 is 2.57 bits per heavy atom. The summed E-state index contributed by atoms with van der Waals surface area (Å²) >= 11 is 0.998. The van der Waals surface area contributed by atoms with E-state index >= 15 is 0 Å². The molecule has 10 heteroatoms. The Labute approximate surface area is 175 Å². The number of hydrogen-bond acceptors (Lipinski definition) is 9. The molecule has 146 valence electrons. The minimum atomic E-state index is 0.0322. The Balaban J connectivity index is 2.12. The maximum Gasteiger partial charge on any atom is 0.206 e. The summed E-state index contributed by atoms with van der Waals surface area (Å²) in [6.45, 7) is 7.20. The van der Waals surface area contributed by atoms with Crippen LogP contribution in [0.2, 0.25) is 0 Å². The Morgan fingerprint density at radius 2 is 1.87 bits per heavy atom. The molecule has 0 aromatic heterocycles. The van der Waals surface area contributed by atoms with Crippen LogP contribution in [0.5, 0.6) is 5.75 Å². The maximum absolute atomic E-state index is 10.2. The summed E-state index contributed by atoms with van der Waals surface area (Å²) in [7, 11) is 0. The Morgan fingerprint density at radius 1 is 1.10 bits per heavy atom. The van der Waals surface area contributed by atoms with Crippen LogP contribution in [0.1, 0.15) is 11.1 Å². The number of nitrogens with zero attached hydrogens (tertiary/aromatic N) is 5. The van der Waals surface area contributed by atoms with E-state index in [-0.39, 0.29) is 28.3 Å². The number of nitriles is 2. The van der Waals surface area contributed by atoms with Gasteiger partial charge in [0.25, 0.3) is 0 Å². The molecule has 0 heterocycles. The number of rotatable bonds is 6. The van der Waals surface area contributed by atoms with Gasteiger partial charge in [-0.25, -0.2) is 10.3 Å². The van der Waals surface area contributed by atoms with Crippen LogP contribution in [0.25, 0.3) is 15.6 Å². The van der Waals surface area contributed by atoms with Crippen LogP contribution in [0.3, 0.4) is 0 Å². The molecule has 0 atom stereocenters. The van der Waals surface area contributed by atoms with Gasteiger partial charge in [-0.05, 0) is 30.3 Å². The number of azo groups is 1. The van der Waals surface area contributed by atoms with Crippen molar-refractivity contribution in [1.29, 1.82) is 10.5 Å². The highest BCUT2D eigenvalue weighted by Gasteiger charge is 2.12.